The van der Waals surface area contributed by atoms with Crippen LogP contribution in [0.3, 0.4) is 0 Å². The summed E-state index contributed by atoms with van der Waals surface area (Å²) in [4.78, 5) is 15.7. The molecule has 0 spiro atoms. The Morgan fingerprint density at radius 1 is 1.52 bits per heavy atom. The summed E-state index contributed by atoms with van der Waals surface area (Å²) in [5.74, 6) is -0.384. The fourth-order valence-corrected chi connectivity index (χ4v) is 3.22. The van der Waals surface area contributed by atoms with Gasteiger partial charge < -0.3 is 5.11 Å². The Morgan fingerprint density at radius 2 is 2.29 bits per heavy atom. The van der Waals surface area contributed by atoms with Gasteiger partial charge in [-0.05, 0) is 46.9 Å². The minimum absolute atomic E-state index is 0.0937. The number of phenolic OH excluding ortho intramolecular Hbond substituents is 1. The third-order valence-electron chi connectivity index (χ3n) is 2.43. The van der Waals surface area contributed by atoms with Gasteiger partial charge >= 0.3 is 0 Å². The maximum absolute atomic E-state index is 11.9. The lowest BCUT2D eigenvalue weighted by Gasteiger charge is -2.03. The summed E-state index contributed by atoms with van der Waals surface area (Å²) in [6.45, 7) is 0. The molecule has 0 saturated carbocycles. The molecule has 0 unspecified atom stereocenters. The zero-order valence-electron chi connectivity index (χ0n) is 10.3. The Kier molecular flexibility index (Phi) is 5.54. The summed E-state index contributed by atoms with van der Waals surface area (Å²) in [6.07, 6.45) is 2.84. The van der Waals surface area contributed by atoms with E-state index in [2.05, 4.69) is 31.4 Å². The Labute approximate surface area is 147 Å². The molecule has 1 heterocycles. The molecule has 2 aromatic rings. The van der Waals surface area contributed by atoms with Gasteiger partial charge in [0.05, 0.1) is 15.3 Å². The van der Waals surface area contributed by atoms with Crippen molar-refractivity contribution in [2.75, 3.05) is 0 Å². The van der Waals surface area contributed by atoms with Gasteiger partial charge in [0, 0.05) is 16.2 Å². The van der Waals surface area contributed by atoms with Gasteiger partial charge in [0.2, 0.25) is 0 Å². The van der Waals surface area contributed by atoms with Crippen LogP contribution in [0.1, 0.15) is 15.9 Å². The van der Waals surface area contributed by atoms with Crippen LogP contribution < -0.4 is 5.43 Å². The highest BCUT2D eigenvalue weighted by atomic mass is 127. The minimum atomic E-state index is -0.478. The number of halogens is 3. The van der Waals surface area contributed by atoms with Crippen LogP contribution >= 0.6 is 50.1 Å². The first-order valence-corrected chi connectivity index (χ1v) is 7.86. The number of rotatable bonds is 3. The third kappa shape index (κ3) is 4.14. The molecular weight excluding hydrogens is 472 g/mol. The molecule has 0 aliphatic rings. The van der Waals surface area contributed by atoms with Crippen molar-refractivity contribution in [2.45, 2.75) is 0 Å². The van der Waals surface area contributed by atoms with Gasteiger partial charge in [0.15, 0.2) is 0 Å². The minimum Gasteiger partial charge on any atom is -0.506 e. The highest BCUT2D eigenvalue weighted by Gasteiger charge is 2.10. The number of hydrogen-bond donors (Lipinski definition) is 2. The van der Waals surface area contributed by atoms with Gasteiger partial charge in [-0.15, -0.1) is 0 Å². The van der Waals surface area contributed by atoms with Crippen molar-refractivity contribution in [1.82, 2.24) is 10.4 Å². The van der Waals surface area contributed by atoms with Gasteiger partial charge in [-0.3, -0.25) is 4.79 Å². The zero-order valence-corrected chi connectivity index (χ0v) is 14.8. The maximum Gasteiger partial charge on any atom is 0.274 e. The highest BCUT2D eigenvalue weighted by Crippen LogP contribution is 2.27. The Morgan fingerprint density at radius 3 is 3.00 bits per heavy atom. The third-order valence-corrected chi connectivity index (χ3v) is 4.01. The molecule has 0 saturated heterocycles. The molecule has 1 amide bonds. The van der Waals surface area contributed by atoms with E-state index >= 15 is 0 Å². The normalized spacial score (nSPS) is 10.8. The average Bonchev–Trinajstić information content (AvgIpc) is 2.44. The number of phenols is 1. The molecule has 8 heteroatoms. The summed E-state index contributed by atoms with van der Waals surface area (Å²) >= 11 is 11.1. The number of hydrogen-bond acceptors (Lipinski definition) is 4. The van der Waals surface area contributed by atoms with E-state index < -0.39 is 5.91 Å². The van der Waals surface area contributed by atoms with Crippen LogP contribution in [0.25, 0.3) is 0 Å². The van der Waals surface area contributed by atoms with E-state index in [0.29, 0.717) is 9.13 Å². The van der Waals surface area contributed by atoms with Crippen LogP contribution in [0.5, 0.6) is 5.75 Å². The lowest BCUT2D eigenvalue weighted by Crippen LogP contribution is -2.18. The highest BCUT2D eigenvalue weighted by molar-refractivity contribution is 14.1. The number of aromatic hydroxyl groups is 1. The zero-order chi connectivity index (χ0) is 15.4. The van der Waals surface area contributed by atoms with Gasteiger partial charge in [0.25, 0.3) is 5.91 Å². The summed E-state index contributed by atoms with van der Waals surface area (Å²) in [6, 6.07) is 6.60. The van der Waals surface area contributed by atoms with E-state index in [9.17, 15) is 9.90 Å². The lowest BCUT2D eigenvalue weighted by molar-refractivity contribution is 0.0955. The van der Waals surface area contributed by atoms with E-state index in [1.807, 2.05) is 22.6 Å². The molecule has 0 radical (unpaired) electrons. The Balaban J connectivity index is 2.13. The second kappa shape index (κ2) is 7.19. The maximum atomic E-state index is 11.9. The van der Waals surface area contributed by atoms with E-state index in [4.69, 9.17) is 11.6 Å². The molecule has 0 atom stereocenters. The smallest absolute Gasteiger partial charge is 0.274 e. The quantitative estimate of drug-likeness (QED) is 0.305. The number of benzene rings is 1. The van der Waals surface area contributed by atoms with E-state index in [1.165, 1.54) is 12.4 Å². The fourth-order valence-electron chi connectivity index (χ4n) is 1.46. The van der Waals surface area contributed by atoms with Crippen LogP contribution in [-0.2, 0) is 0 Å². The molecule has 21 heavy (non-hydrogen) atoms. The SMILES string of the molecule is O=C(NN=Cc1cc(Br)cc(I)c1O)c1cccnc1Cl. The van der Waals surface area contributed by atoms with E-state index in [0.717, 1.165) is 4.47 Å². The van der Waals surface area contributed by atoms with Crippen molar-refractivity contribution >= 4 is 62.2 Å². The Hall–Kier alpha value is -1.19. The van der Waals surface area contributed by atoms with Crippen molar-refractivity contribution in [3.05, 3.63) is 54.8 Å². The summed E-state index contributed by atoms with van der Waals surface area (Å²) < 4.78 is 1.47. The second-order valence-corrected chi connectivity index (χ2v) is 6.30. The van der Waals surface area contributed by atoms with Crippen molar-refractivity contribution in [3.8, 4) is 5.75 Å². The first-order valence-electron chi connectivity index (χ1n) is 5.61. The molecule has 0 aliphatic heterocycles. The number of amides is 1. The van der Waals surface area contributed by atoms with E-state index in [-0.39, 0.29) is 16.5 Å². The van der Waals surface area contributed by atoms with Crippen LogP contribution in [0.2, 0.25) is 5.15 Å². The summed E-state index contributed by atoms with van der Waals surface area (Å²) in [7, 11) is 0. The monoisotopic (exact) mass is 479 g/mol. The first kappa shape index (κ1) is 16.2. The van der Waals surface area contributed by atoms with Crippen molar-refractivity contribution in [2.24, 2.45) is 5.10 Å². The topological polar surface area (TPSA) is 74.6 Å². The molecule has 1 aromatic carbocycles. The average molecular weight is 480 g/mol. The second-order valence-electron chi connectivity index (χ2n) is 3.87. The fraction of sp³-hybridized carbons (Fsp3) is 0. The van der Waals surface area contributed by atoms with Gasteiger partial charge in [-0.2, -0.15) is 5.10 Å². The van der Waals surface area contributed by atoms with Gasteiger partial charge in [-0.1, -0.05) is 27.5 Å². The van der Waals surface area contributed by atoms with Crippen LogP contribution in [-0.4, -0.2) is 22.2 Å². The number of aromatic nitrogens is 1. The number of nitrogens with zero attached hydrogens (tertiary/aromatic N) is 2. The summed E-state index contributed by atoms with van der Waals surface area (Å²) in [5, 5.41) is 13.8. The van der Waals surface area contributed by atoms with Crippen LogP contribution in [0.15, 0.2) is 40.0 Å². The van der Waals surface area contributed by atoms with Crippen molar-refractivity contribution < 1.29 is 9.90 Å². The van der Waals surface area contributed by atoms with Crippen molar-refractivity contribution in [3.63, 3.8) is 0 Å². The molecule has 0 fully saturated rings. The number of hydrazone groups is 1. The largest absolute Gasteiger partial charge is 0.506 e. The predicted octanol–water partition coefficient (Wildman–Crippen LogP) is 3.57. The standard InChI is InChI=1S/C13H8BrClIN3O2/c14-8-4-7(11(20)10(16)5-8)6-18-19-13(21)9-2-1-3-17-12(9)15/h1-6,20H,(H,19,21). The molecule has 5 nitrogen and oxygen atoms in total. The molecule has 0 aliphatic carbocycles. The first-order chi connectivity index (χ1) is 9.99. The van der Waals surface area contributed by atoms with E-state index in [1.54, 1.807) is 24.3 Å². The summed E-state index contributed by atoms with van der Waals surface area (Å²) in [5.41, 5.74) is 3.04. The number of carbonyl (C=O) groups excluding carboxylic acids is 1. The molecule has 1 aromatic heterocycles. The number of nitrogens with one attached hydrogen (secondary N) is 1. The van der Waals surface area contributed by atoms with Gasteiger partial charge in [0.1, 0.15) is 10.9 Å². The Bertz CT molecular complexity index is 725. The number of pyridine rings is 1. The molecule has 2 N–H and O–H groups in total. The molecule has 108 valence electrons. The number of carbonyl (C=O) groups is 1. The lowest BCUT2D eigenvalue weighted by atomic mass is 10.2. The van der Waals surface area contributed by atoms with Crippen LogP contribution in [0.4, 0.5) is 0 Å². The van der Waals surface area contributed by atoms with Gasteiger partial charge in [-0.25, -0.2) is 10.4 Å². The molecule has 2 rings (SSSR count). The van der Waals surface area contributed by atoms with Crippen molar-refractivity contribution in [1.29, 1.82) is 0 Å². The molecule has 0 bridgehead atoms. The predicted molar refractivity (Wildman–Crippen MR) is 92.8 cm³/mol. The molecular formula is C13H8BrClIN3O2. The van der Waals surface area contributed by atoms with Crippen LogP contribution in [0, 0.1) is 3.57 Å².